The Bertz CT molecular complexity index is 823. The summed E-state index contributed by atoms with van der Waals surface area (Å²) in [6, 6.07) is 15.0. The molecular weight excluding hydrogens is 496 g/mol. The minimum Gasteiger partial charge on any atom is -0.497 e. The van der Waals surface area contributed by atoms with Crippen molar-refractivity contribution in [1.82, 2.24) is 10.2 Å². The molecule has 30 heavy (non-hydrogen) atoms. The third-order valence-corrected chi connectivity index (χ3v) is 5.62. The van der Waals surface area contributed by atoms with Crippen molar-refractivity contribution in [3.63, 3.8) is 0 Å². The van der Waals surface area contributed by atoms with Crippen molar-refractivity contribution in [2.45, 2.75) is 24.8 Å². The predicted molar refractivity (Wildman–Crippen MR) is 129 cm³/mol. The predicted octanol–water partition coefficient (Wildman–Crippen LogP) is 4.21. The molecule has 2 aromatic carbocycles. The van der Waals surface area contributed by atoms with Gasteiger partial charge in [0, 0.05) is 45.8 Å². The van der Waals surface area contributed by atoms with Crippen LogP contribution < -0.4 is 10.1 Å². The van der Waals surface area contributed by atoms with Gasteiger partial charge in [0.25, 0.3) is 0 Å². The maximum Gasteiger partial charge on any atom is 0.193 e. The zero-order valence-electron chi connectivity index (χ0n) is 17.9. The zero-order valence-corrected chi connectivity index (χ0v) is 20.2. The number of hydrogen-bond acceptors (Lipinski definition) is 3. The molecule has 0 aromatic heterocycles. The van der Waals surface area contributed by atoms with E-state index in [9.17, 15) is 4.39 Å². The molecule has 1 N–H and O–H groups in total. The van der Waals surface area contributed by atoms with Crippen molar-refractivity contribution in [1.29, 1.82) is 0 Å². The van der Waals surface area contributed by atoms with Gasteiger partial charge in [0.1, 0.15) is 11.6 Å². The van der Waals surface area contributed by atoms with Gasteiger partial charge in [-0.3, -0.25) is 4.99 Å². The van der Waals surface area contributed by atoms with E-state index in [1.165, 1.54) is 11.6 Å². The Balaban J connectivity index is 0.00000320. The zero-order chi connectivity index (χ0) is 20.7. The lowest BCUT2D eigenvalue weighted by Gasteiger charge is -2.39. The third-order valence-electron chi connectivity index (χ3n) is 5.62. The number of ether oxygens (including phenoxy) is 2. The molecule has 1 heterocycles. The van der Waals surface area contributed by atoms with Gasteiger partial charge >= 0.3 is 0 Å². The van der Waals surface area contributed by atoms with Crippen LogP contribution in [-0.2, 0) is 16.7 Å². The van der Waals surface area contributed by atoms with Gasteiger partial charge < -0.3 is 19.7 Å². The number of rotatable bonds is 6. The van der Waals surface area contributed by atoms with Gasteiger partial charge in [-0.2, -0.15) is 0 Å². The second kappa shape index (κ2) is 11.5. The number of nitrogens with zero attached hydrogens (tertiary/aromatic N) is 2. The summed E-state index contributed by atoms with van der Waals surface area (Å²) in [7, 11) is 5.41. The maximum atomic E-state index is 13.5. The Labute approximate surface area is 195 Å². The Hall–Kier alpha value is -1.87. The topological polar surface area (TPSA) is 46.1 Å². The molecule has 0 amide bonds. The van der Waals surface area contributed by atoms with Crippen LogP contribution in [-0.4, -0.2) is 51.8 Å². The third kappa shape index (κ3) is 6.07. The van der Waals surface area contributed by atoms with Crippen molar-refractivity contribution >= 4 is 29.9 Å². The van der Waals surface area contributed by atoms with Gasteiger partial charge in [0.05, 0.1) is 7.11 Å². The lowest BCUT2D eigenvalue weighted by atomic mass is 9.74. The standard InChI is InChI=1S/C23H30FN3O2.HI/c1-25-22(27(2)16-18-5-4-6-20(24)15-18)26-17-23(11-13-29-14-12-23)19-7-9-21(28-3)10-8-19;/h4-10,15H,11-14,16-17H2,1-3H3,(H,25,26);1H. The summed E-state index contributed by atoms with van der Waals surface area (Å²) in [5.74, 6) is 1.42. The van der Waals surface area contributed by atoms with Crippen LogP contribution in [0, 0.1) is 5.82 Å². The monoisotopic (exact) mass is 527 g/mol. The number of nitrogens with one attached hydrogen (secondary N) is 1. The summed E-state index contributed by atoms with van der Waals surface area (Å²) < 4.78 is 24.4. The summed E-state index contributed by atoms with van der Waals surface area (Å²) in [5.41, 5.74) is 2.16. The average molecular weight is 527 g/mol. The second-order valence-corrected chi connectivity index (χ2v) is 7.51. The molecule has 3 rings (SSSR count). The van der Waals surface area contributed by atoms with Crippen molar-refractivity contribution in [3.05, 3.63) is 65.5 Å². The van der Waals surface area contributed by atoms with Crippen LogP contribution in [0.25, 0.3) is 0 Å². The van der Waals surface area contributed by atoms with Crippen LogP contribution in [0.2, 0.25) is 0 Å². The average Bonchev–Trinajstić information content (AvgIpc) is 2.75. The Morgan fingerprint density at radius 3 is 2.50 bits per heavy atom. The van der Waals surface area contributed by atoms with Crippen LogP contribution in [0.5, 0.6) is 5.75 Å². The normalized spacial score (nSPS) is 15.8. The number of benzene rings is 2. The second-order valence-electron chi connectivity index (χ2n) is 7.51. The van der Waals surface area contributed by atoms with Gasteiger partial charge in [-0.15, -0.1) is 24.0 Å². The smallest absolute Gasteiger partial charge is 0.193 e. The van der Waals surface area contributed by atoms with E-state index in [1.54, 1.807) is 26.3 Å². The summed E-state index contributed by atoms with van der Waals surface area (Å²) in [6.07, 6.45) is 1.88. The Morgan fingerprint density at radius 2 is 1.90 bits per heavy atom. The molecule has 0 aliphatic carbocycles. The largest absolute Gasteiger partial charge is 0.497 e. The molecule has 0 atom stereocenters. The first-order chi connectivity index (χ1) is 14.1. The molecule has 0 unspecified atom stereocenters. The van der Waals surface area contributed by atoms with Crippen molar-refractivity contribution < 1.29 is 13.9 Å². The molecule has 1 aliphatic rings. The fourth-order valence-corrected chi connectivity index (χ4v) is 3.89. The highest BCUT2D eigenvalue weighted by atomic mass is 127. The van der Waals surface area contributed by atoms with E-state index in [0.717, 1.165) is 49.9 Å². The Morgan fingerprint density at radius 1 is 1.20 bits per heavy atom. The molecule has 0 spiro atoms. The highest BCUT2D eigenvalue weighted by molar-refractivity contribution is 14.0. The van der Waals surface area contributed by atoms with E-state index < -0.39 is 0 Å². The number of guanidine groups is 1. The maximum absolute atomic E-state index is 13.5. The van der Waals surface area contributed by atoms with E-state index in [2.05, 4.69) is 22.4 Å². The number of hydrogen-bond donors (Lipinski definition) is 1. The van der Waals surface area contributed by atoms with Crippen LogP contribution in [0.3, 0.4) is 0 Å². The molecule has 0 radical (unpaired) electrons. The van der Waals surface area contributed by atoms with Crippen molar-refractivity contribution in [2.75, 3.05) is 41.0 Å². The van der Waals surface area contributed by atoms with Crippen LogP contribution in [0.4, 0.5) is 4.39 Å². The first kappa shape index (κ1) is 24.4. The highest BCUT2D eigenvalue weighted by Crippen LogP contribution is 2.35. The molecule has 2 aromatic rings. The van der Waals surface area contributed by atoms with E-state index in [0.29, 0.717) is 6.54 Å². The van der Waals surface area contributed by atoms with Crippen LogP contribution in [0.1, 0.15) is 24.0 Å². The minimum absolute atomic E-state index is 0. The summed E-state index contributed by atoms with van der Waals surface area (Å²) in [5, 5.41) is 3.54. The molecule has 0 bridgehead atoms. The molecule has 1 saturated heterocycles. The fourth-order valence-electron chi connectivity index (χ4n) is 3.89. The van der Waals surface area contributed by atoms with Crippen molar-refractivity contribution in [3.8, 4) is 5.75 Å². The molecule has 1 fully saturated rings. The molecular formula is C23H31FIN3O2. The number of halogens is 2. The quantitative estimate of drug-likeness (QED) is 0.348. The SMILES string of the molecule is CN=C(NCC1(c2ccc(OC)cc2)CCOCC1)N(C)Cc1cccc(F)c1.I. The Kier molecular flexibility index (Phi) is 9.36. The van der Waals surface area contributed by atoms with Gasteiger partial charge in [-0.05, 0) is 48.2 Å². The first-order valence-electron chi connectivity index (χ1n) is 9.95. The van der Waals surface area contributed by atoms with Gasteiger partial charge in [0.2, 0.25) is 0 Å². The van der Waals surface area contributed by atoms with Gasteiger partial charge in [-0.25, -0.2) is 4.39 Å². The summed E-state index contributed by atoms with van der Waals surface area (Å²) in [4.78, 5) is 6.44. The number of methoxy groups -OCH3 is 1. The first-order valence-corrected chi connectivity index (χ1v) is 9.95. The minimum atomic E-state index is -0.223. The molecule has 1 aliphatic heterocycles. The van der Waals surface area contributed by atoms with Crippen LogP contribution in [0.15, 0.2) is 53.5 Å². The highest BCUT2D eigenvalue weighted by Gasteiger charge is 2.35. The summed E-state index contributed by atoms with van der Waals surface area (Å²) >= 11 is 0. The van der Waals surface area contributed by atoms with Crippen LogP contribution >= 0.6 is 24.0 Å². The van der Waals surface area contributed by atoms with E-state index in [-0.39, 0.29) is 35.2 Å². The number of aliphatic imine (C=N–C) groups is 1. The molecule has 7 heteroatoms. The lowest BCUT2D eigenvalue weighted by molar-refractivity contribution is 0.0512. The lowest BCUT2D eigenvalue weighted by Crippen LogP contribution is -2.48. The van der Waals surface area contributed by atoms with E-state index in [1.807, 2.05) is 30.1 Å². The fraction of sp³-hybridized carbons (Fsp3) is 0.435. The van der Waals surface area contributed by atoms with E-state index >= 15 is 0 Å². The van der Waals surface area contributed by atoms with Crippen molar-refractivity contribution in [2.24, 2.45) is 4.99 Å². The molecule has 0 saturated carbocycles. The molecule has 164 valence electrons. The molecule has 5 nitrogen and oxygen atoms in total. The van der Waals surface area contributed by atoms with E-state index in [4.69, 9.17) is 9.47 Å². The summed E-state index contributed by atoms with van der Waals surface area (Å²) in [6.45, 7) is 2.82. The van der Waals surface area contributed by atoms with Gasteiger partial charge in [-0.1, -0.05) is 24.3 Å². The van der Waals surface area contributed by atoms with Gasteiger partial charge in [0.15, 0.2) is 5.96 Å².